The predicted octanol–water partition coefficient (Wildman–Crippen LogP) is 1.68. The second-order valence-electron chi connectivity index (χ2n) is 4.22. The molecule has 20 heavy (non-hydrogen) atoms. The zero-order chi connectivity index (χ0) is 16.4. The summed E-state index contributed by atoms with van der Waals surface area (Å²) in [6, 6.07) is 0. The topological polar surface area (TPSA) is 87.0 Å². The molecular weight excluding hydrogens is 303 g/mol. The maximum atomic E-state index is 11.1. The second-order valence-corrected chi connectivity index (χ2v) is 4.22. The summed E-state index contributed by atoms with van der Waals surface area (Å²) in [5.41, 5.74) is 0. The molecule has 0 aliphatic carbocycles. The van der Waals surface area contributed by atoms with Crippen molar-refractivity contribution >= 4 is 5.97 Å². The van der Waals surface area contributed by atoms with Gasteiger partial charge in [0.1, 0.15) is 0 Å². The van der Waals surface area contributed by atoms with Crippen molar-refractivity contribution in [2.75, 3.05) is 13.3 Å². The fourth-order valence-electron chi connectivity index (χ4n) is 0.200. The molecule has 3 N–H and O–H groups in total. The third-order valence-corrected chi connectivity index (χ3v) is 0.414. The van der Waals surface area contributed by atoms with Crippen LogP contribution in [0.15, 0.2) is 0 Å². The van der Waals surface area contributed by atoms with Gasteiger partial charge in [-0.05, 0) is 48.5 Å². The normalized spacial score (nSPS) is 8.30. The molecular formula is C13H31FO5Ti. The molecule has 0 atom stereocenters. The second kappa shape index (κ2) is 27.4. The zero-order valence-corrected chi connectivity index (χ0v) is 15.2. The Morgan fingerprint density at radius 1 is 0.950 bits per heavy atom. The Labute approximate surface area is 137 Å². The minimum absolute atomic E-state index is 0. The summed E-state index contributed by atoms with van der Waals surface area (Å²) in [5, 5.41) is 24.2. The number of alkyl halides is 1. The van der Waals surface area contributed by atoms with Crippen LogP contribution in [0.4, 0.5) is 4.39 Å². The monoisotopic (exact) mass is 334 g/mol. The predicted molar refractivity (Wildman–Crippen MR) is 74.7 cm³/mol. The third-order valence-electron chi connectivity index (χ3n) is 0.414. The molecule has 0 saturated carbocycles. The van der Waals surface area contributed by atoms with Crippen LogP contribution in [-0.4, -0.2) is 52.9 Å². The van der Waals surface area contributed by atoms with Crippen LogP contribution in [0.3, 0.4) is 0 Å². The number of ether oxygens (including phenoxy) is 1. The summed E-state index contributed by atoms with van der Waals surface area (Å²) in [4.78, 5) is 9.81. The van der Waals surface area contributed by atoms with Gasteiger partial charge in [0.15, 0.2) is 6.67 Å². The van der Waals surface area contributed by atoms with Crippen LogP contribution >= 0.6 is 0 Å². The molecule has 0 aromatic heterocycles. The average Bonchev–Trinajstić information content (AvgIpc) is 2.15. The van der Waals surface area contributed by atoms with Gasteiger partial charge in [0.05, 0.1) is 6.61 Å². The number of halogens is 1. The van der Waals surface area contributed by atoms with Crippen molar-refractivity contribution in [2.24, 2.45) is 0 Å². The molecule has 0 saturated heterocycles. The van der Waals surface area contributed by atoms with Crippen LogP contribution in [0, 0.1) is 0 Å². The van der Waals surface area contributed by atoms with Crippen LogP contribution in [0.1, 0.15) is 48.5 Å². The first kappa shape index (κ1) is 32.1. The SMILES string of the molecule is CC(C)O.CC(C)O.CC(C)O.CCOC(=O)CF.[Ti]. The van der Waals surface area contributed by atoms with Crippen molar-refractivity contribution in [1.29, 1.82) is 0 Å². The molecule has 124 valence electrons. The van der Waals surface area contributed by atoms with Crippen molar-refractivity contribution in [2.45, 2.75) is 66.8 Å². The van der Waals surface area contributed by atoms with Crippen molar-refractivity contribution in [1.82, 2.24) is 0 Å². The van der Waals surface area contributed by atoms with Crippen LogP contribution in [0.5, 0.6) is 0 Å². The molecule has 0 bridgehead atoms. The number of aliphatic hydroxyl groups excluding tert-OH is 3. The molecule has 7 heteroatoms. The Bertz CT molecular complexity index is 144. The zero-order valence-electron chi connectivity index (χ0n) is 13.7. The van der Waals surface area contributed by atoms with E-state index in [1.165, 1.54) is 0 Å². The molecule has 0 heterocycles. The Hall–Kier alpha value is -0.00571. The number of esters is 1. The van der Waals surface area contributed by atoms with E-state index in [1.54, 1.807) is 48.5 Å². The number of carbonyl (C=O) groups excluding carboxylic acids is 1. The quantitative estimate of drug-likeness (QED) is 0.528. The largest absolute Gasteiger partial charge is 0.464 e. The Kier molecular flexibility index (Phi) is 43.9. The molecule has 0 spiro atoms. The van der Waals surface area contributed by atoms with E-state index in [4.69, 9.17) is 15.3 Å². The van der Waals surface area contributed by atoms with E-state index < -0.39 is 12.6 Å². The third kappa shape index (κ3) is 208. The minimum Gasteiger partial charge on any atom is -0.464 e. The van der Waals surface area contributed by atoms with Gasteiger partial charge < -0.3 is 20.1 Å². The molecule has 0 aromatic rings. The molecule has 0 amide bonds. The van der Waals surface area contributed by atoms with Crippen molar-refractivity contribution in [3.8, 4) is 0 Å². The van der Waals surface area contributed by atoms with Crippen LogP contribution in [-0.2, 0) is 31.2 Å². The molecule has 0 rings (SSSR count). The molecule has 0 aliphatic rings. The first-order valence-corrected chi connectivity index (χ1v) is 6.26. The van der Waals surface area contributed by atoms with E-state index in [0.29, 0.717) is 0 Å². The van der Waals surface area contributed by atoms with Gasteiger partial charge in [-0.3, -0.25) is 0 Å². The molecule has 0 fully saturated rings. The fraction of sp³-hybridized carbons (Fsp3) is 0.923. The van der Waals surface area contributed by atoms with Crippen molar-refractivity contribution < 1.29 is 51.0 Å². The van der Waals surface area contributed by atoms with Gasteiger partial charge in [0.2, 0.25) is 0 Å². The van der Waals surface area contributed by atoms with Gasteiger partial charge in [-0.2, -0.15) is 0 Å². The number of hydrogen-bond acceptors (Lipinski definition) is 5. The maximum Gasteiger partial charge on any atom is 0.337 e. The van der Waals surface area contributed by atoms with E-state index in [1.807, 2.05) is 0 Å². The summed E-state index contributed by atoms with van der Waals surface area (Å²) in [7, 11) is 0. The van der Waals surface area contributed by atoms with Crippen LogP contribution in [0.25, 0.3) is 0 Å². The standard InChI is InChI=1S/C4H7FO2.3C3H8O.Ti/c1-2-7-4(6)3-5;3*1-3(2)4;/h2-3H2,1H3;3*3-4H,1-2H3;. The van der Waals surface area contributed by atoms with Crippen LogP contribution < -0.4 is 0 Å². The summed E-state index contributed by atoms with van der Waals surface area (Å²) in [5.74, 6) is -0.789. The summed E-state index contributed by atoms with van der Waals surface area (Å²) < 4.78 is 15.3. The van der Waals surface area contributed by atoms with Crippen molar-refractivity contribution in [3.63, 3.8) is 0 Å². The molecule has 0 aliphatic heterocycles. The first-order chi connectivity index (χ1) is 8.50. The van der Waals surface area contributed by atoms with E-state index in [2.05, 4.69) is 4.74 Å². The Balaban J connectivity index is -0.0000000512. The van der Waals surface area contributed by atoms with Gasteiger partial charge in [-0.1, -0.05) is 0 Å². The van der Waals surface area contributed by atoms with Crippen molar-refractivity contribution in [3.05, 3.63) is 0 Å². The maximum absolute atomic E-state index is 11.1. The van der Waals surface area contributed by atoms with Crippen LogP contribution in [0.2, 0.25) is 0 Å². The number of carbonyl (C=O) groups is 1. The van der Waals surface area contributed by atoms with E-state index in [-0.39, 0.29) is 46.6 Å². The van der Waals surface area contributed by atoms with E-state index in [0.717, 1.165) is 0 Å². The average molecular weight is 334 g/mol. The summed E-state index contributed by atoms with van der Waals surface area (Å²) >= 11 is 0. The molecule has 0 aromatic carbocycles. The van der Waals surface area contributed by atoms with Gasteiger partial charge in [0.25, 0.3) is 0 Å². The van der Waals surface area contributed by atoms with Gasteiger partial charge in [-0.25, -0.2) is 9.18 Å². The molecule has 0 radical (unpaired) electrons. The first-order valence-electron chi connectivity index (χ1n) is 6.26. The van der Waals surface area contributed by atoms with Gasteiger partial charge in [0, 0.05) is 40.0 Å². The Morgan fingerprint density at radius 3 is 1.20 bits per heavy atom. The van der Waals surface area contributed by atoms with E-state index >= 15 is 0 Å². The molecule has 0 unspecified atom stereocenters. The smallest absolute Gasteiger partial charge is 0.337 e. The van der Waals surface area contributed by atoms with E-state index in [9.17, 15) is 9.18 Å². The number of hydrogen-bond donors (Lipinski definition) is 3. The minimum atomic E-state index is -1.02. The molecule has 5 nitrogen and oxygen atoms in total. The summed E-state index contributed by atoms with van der Waals surface area (Å²) in [6.07, 6.45) is -0.500. The summed E-state index contributed by atoms with van der Waals surface area (Å²) in [6.45, 7) is 11.2. The van der Waals surface area contributed by atoms with Gasteiger partial charge >= 0.3 is 5.97 Å². The van der Waals surface area contributed by atoms with Gasteiger partial charge in [-0.15, -0.1) is 0 Å². The fourth-order valence-corrected chi connectivity index (χ4v) is 0.200. The number of aliphatic hydroxyl groups is 3. The Morgan fingerprint density at radius 2 is 1.15 bits per heavy atom. The number of rotatable bonds is 2.